The quantitative estimate of drug-likeness (QED) is 0.230. The van der Waals surface area contributed by atoms with Crippen molar-refractivity contribution in [2.45, 2.75) is 6.92 Å². The van der Waals surface area contributed by atoms with E-state index < -0.39 is 5.97 Å². The highest BCUT2D eigenvalue weighted by Crippen LogP contribution is 2.40. The van der Waals surface area contributed by atoms with Gasteiger partial charge in [0.2, 0.25) is 10.9 Å². The van der Waals surface area contributed by atoms with Crippen molar-refractivity contribution in [1.29, 1.82) is 0 Å². The molecule has 0 radical (unpaired) electrons. The van der Waals surface area contributed by atoms with E-state index in [4.69, 9.17) is 25.8 Å². The molecule has 0 saturated carbocycles. The van der Waals surface area contributed by atoms with Gasteiger partial charge in [0, 0.05) is 16.1 Å². The van der Waals surface area contributed by atoms with E-state index in [2.05, 4.69) is 27.6 Å². The zero-order valence-corrected chi connectivity index (χ0v) is 19.3. The average molecular weight is 544 g/mol. The number of carbonyl (C=O) groups excluding carboxylic acids is 2. The molecule has 0 aromatic heterocycles. The van der Waals surface area contributed by atoms with Gasteiger partial charge in [0.15, 0.2) is 11.5 Å². The van der Waals surface area contributed by atoms with E-state index in [0.717, 1.165) is 15.3 Å². The summed E-state index contributed by atoms with van der Waals surface area (Å²) in [4.78, 5) is 28.3. The van der Waals surface area contributed by atoms with Crippen LogP contribution in [0.3, 0.4) is 0 Å². The van der Waals surface area contributed by atoms with Crippen molar-refractivity contribution in [1.82, 2.24) is 0 Å². The van der Waals surface area contributed by atoms with Gasteiger partial charge in [-0.2, -0.15) is 0 Å². The van der Waals surface area contributed by atoms with E-state index >= 15 is 0 Å². The summed E-state index contributed by atoms with van der Waals surface area (Å²) in [6.07, 6.45) is 1.62. The predicted octanol–water partition coefficient (Wildman–Crippen LogP) is 4.95. The fourth-order valence-electron chi connectivity index (χ4n) is 2.57. The van der Waals surface area contributed by atoms with Gasteiger partial charge in [-0.05, 0) is 76.3 Å². The molecule has 0 saturated heterocycles. The van der Waals surface area contributed by atoms with Crippen LogP contribution >= 0.6 is 46.0 Å². The van der Waals surface area contributed by atoms with Gasteiger partial charge in [0.05, 0.1) is 19.2 Å². The molecule has 29 heavy (non-hydrogen) atoms. The molecule has 9 heteroatoms. The SMILES string of the molecule is COc1cc(C=C2N=C(c3cc(I)ccc3Cl)SC2=O)cc(OC)c1OC(C)=O. The van der Waals surface area contributed by atoms with E-state index in [1.807, 2.05) is 12.1 Å². The first-order valence-corrected chi connectivity index (χ1v) is 10.5. The van der Waals surface area contributed by atoms with E-state index in [1.54, 1.807) is 24.3 Å². The number of ether oxygens (including phenoxy) is 3. The van der Waals surface area contributed by atoms with Gasteiger partial charge < -0.3 is 14.2 Å². The van der Waals surface area contributed by atoms with Crippen LogP contribution in [0.1, 0.15) is 18.1 Å². The molecule has 1 heterocycles. The Morgan fingerprint density at radius 3 is 2.41 bits per heavy atom. The molecule has 0 bridgehead atoms. The van der Waals surface area contributed by atoms with Crippen molar-refractivity contribution in [2.24, 2.45) is 4.99 Å². The molecule has 0 spiro atoms. The number of halogens is 2. The Morgan fingerprint density at radius 2 is 1.83 bits per heavy atom. The summed E-state index contributed by atoms with van der Waals surface area (Å²) < 4.78 is 16.8. The topological polar surface area (TPSA) is 74.2 Å². The highest BCUT2D eigenvalue weighted by molar-refractivity contribution is 14.1. The minimum atomic E-state index is -0.501. The molecular formula is C20H15ClINO5S. The van der Waals surface area contributed by atoms with Gasteiger partial charge in [-0.15, -0.1) is 0 Å². The van der Waals surface area contributed by atoms with Crippen LogP contribution in [-0.4, -0.2) is 30.3 Å². The van der Waals surface area contributed by atoms with Crippen LogP contribution in [0.5, 0.6) is 17.2 Å². The Hall–Kier alpha value is -2.04. The zero-order valence-electron chi connectivity index (χ0n) is 15.6. The lowest BCUT2D eigenvalue weighted by Crippen LogP contribution is -2.05. The summed E-state index contributed by atoms with van der Waals surface area (Å²) in [5, 5.41) is 0.872. The fourth-order valence-corrected chi connectivity index (χ4v) is 4.13. The number of thioether (sulfide) groups is 1. The van der Waals surface area contributed by atoms with E-state index in [-0.39, 0.29) is 16.6 Å². The Labute approximate surface area is 190 Å². The molecule has 2 aromatic rings. The van der Waals surface area contributed by atoms with Crippen LogP contribution in [0.2, 0.25) is 5.02 Å². The molecule has 2 aromatic carbocycles. The lowest BCUT2D eigenvalue weighted by molar-refractivity contribution is -0.132. The Balaban J connectivity index is 2.03. The summed E-state index contributed by atoms with van der Waals surface area (Å²) in [7, 11) is 2.90. The number of aliphatic imine (C=N–C) groups is 1. The second-order valence-corrected chi connectivity index (χ2v) is 8.42. The molecule has 0 aliphatic carbocycles. The summed E-state index contributed by atoms with van der Waals surface area (Å²) in [6.45, 7) is 1.29. The number of hydrogen-bond acceptors (Lipinski definition) is 7. The number of esters is 1. The predicted molar refractivity (Wildman–Crippen MR) is 122 cm³/mol. The molecule has 3 rings (SSSR count). The number of hydrogen-bond donors (Lipinski definition) is 0. The van der Waals surface area contributed by atoms with Gasteiger partial charge in [0.1, 0.15) is 10.7 Å². The van der Waals surface area contributed by atoms with Gasteiger partial charge in [-0.1, -0.05) is 11.6 Å². The molecular weight excluding hydrogens is 529 g/mol. The van der Waals surface area contributed by atoms with Crippen molar-refractivity contribution >= 4 is 68.2 Å². The maximum absolute atomic E-state index is 12.5. The van der Waals surface area contributed by atoms with Crippen LogP contribution < -0.4 is 14.2 Å². The highest BCUT2D eigenvalue weighted by Gasteiger charge is 2.25. The smallest absolute Gasteiger partial charge is 0.308 e. The van der Waals surface area contributed by atoms with Crippen molar-refractivity contribution in [2.75, 3.05) is 14.2 Å². The van der Waals surface area contributed by atoms with Gasteiger partial charge in [-0.3, -0.25) is 9.59 Å². The maximum atomic E-state index is 12.5. The van der Waals surface area contributed by atoms with Gasteiger partial charge >= 0.3 is 5.97 Å². The third-order valence-electron chi connectivity index (χ3n) is 3.81. The van der Waals surface area contributed by atoms with Gasteiger partial charge in [0.25, 0.3) is 0 Å². The van der Waals surface area contributed by atoms with E-state index in [9.17, 15) is 9.59 Å². The summed E-state index contributed by atoms with van der Waals surface area (Å²) in [6, 6.07) is 8.81. The molecule has 150 valence electrons. The molecule has 0 fully saturated rings. The van der Waals surface area contributed by atoms with E-state index in [0.29, 0.717) is 32.7 Å². The molecule has 0 N–H and O–H groups in total. The third kappa shape index (κ3) is 4.93. The lowest BCUT2D eigenvalue weighted by atomic mass is 10.1. The van der Waals surface area contributed by atoms with Crippen molar-refractivity contribution < 1.29 is 23.8 Å². The molecule has 0 atom stereocenters. The number of rotatable bonds is 5. The highest BCUT2D eigenvalue weighted by atomic mass is 127. The van der Waals surface area contributed by atoms with Crippen molar-refractivity contribution in [3.8, 4) is 17.2 Å². The Bertz CT molecular complexity index is 1040. The van der Waals surface area contributed by atoms with Crippen molar-refractivity contribution in [3.05, 3.63) is 55.7 Å². The maximum Gasteiger partial charge on any atom is 0.308 e. The standard InChI is InChI=1S/C20H15ClINO5S/c1-10(24)28-18-16(26-2)7-11(8-17(18)27-3)6-15-20(25)29-19(23-15)13-9-12(22)4-5-14(13)21/h4-9H,1-3H3. The average Bonchev–Trinajstić information content (AvgIpc) is 3.04. The number of methoxy groups -OCH3 is 2. The monoisotopic (exact) mass is 543 g/mol. The third-order valence-corrected chi connectivity index (χ3v) is 5.71. The largest absolute Gasteiger partial charge is 0.493 e. The normalized spacial score (nSPS) is 14.7. The second kappa shape index (κ2) is 9.19. The molecule has 0 unspecified atom stereocenters. The summed E-state index contributed by atoms with van der Waals surface area (Å²) in [5.74, 6) is 0.272. The number of nitrogens with zero attached hydrogens (tertiary/aromatic N) is 1. The van der Waals surface area contributed by atoms with Crippen LogP contribution in [-0.2, 0) is 9.59 Å². The molecule has 0 amide bonds. The second-order valence-electron chi connectivity index (χ2n) is 5.81. The minimum Gasteiger partial charge on any atom is -0.493 e. The molecule has 1 aliphatic rings. The van der Waals surface area contributed by atoms with Gasteiger partial charge in [-0.25, -0.2) is 4.99 Å². The number of carbonyl (C=O) groups is 2. The summed E-state index contributed by atoms with van der Waals surface area (Å²) >= 11 is 9.47. The molecule has 6 nitrogen and oxygen atoms in total. The molecule has 1 aliphatic heterocycles. The number of benzene rings is 2. The minimum absolute atomic E-state index is 0.173. The Morgan fingerprint density at radius 1 is 1.17 bits per heavy atom. The van der Waals surface area contributed by atoms with Crippen LogP contribution in [0.15, 0.2) is 41.0 Å². The zero-order chi connectivity index (χ0) is 21.1. The first-order chi connectivity index (χ1) is 13.8. The van der Waals surface area contributed by atoms with Crippen LogP contribution in [0.4, 0.5) is 0 Å². The summed E-state index contributed by atoms with van der Waals surface area (Å²) in [5.41, 5.74) is 1.59. The lowest BCUT2D eigenvalue weighted by Gasteiger charge is -2.13. The first kappa shape index (κ1) is 21.7. The van der Waals surface area contributed by atoms with E-state index in [1.165, 1.54) is 21.1 Å². The Kier molecular flexibility index (Phi) is 6.86. The van der Waals surface area contributed by atoms with Crippen molar-refractivity contribution in [3.63, 3.8) is 0 Å². The first-order valence-electron chi connectivity index (χ1n) is 8.24. The van der Waals surface area contributed by atoms with Crippen LogP contribution in [0, 0.1) is 3.57 Å². The fraction of sp³-hybridized carbons (Fsp3) is 0.150. The van der Waals surface area contributed by atoms with Crippen LogP contribution in [0.25, 0.3) is 6.08 Å².